The third kappa shape index (κ3) is 36.9. The number of carbonyl (C=O) groups excluding carboxylic acids is 15. The van der Waals surface area contributed by atoms with E-state index in [1.165, 1.54) is 38.1 Å². The van der Waals surface area contributed by atoms with E-state index in [2.05, 4.69) is 69.1 Å². The van der Waals surface area contributed by atoms with Crippen molar-refractivity contribution in [3.63, 3.8) is 0 Å². The summed E-state index contributed by atoms with van der Waals surface area (Å²) in [6, 6.07) is -16.5. The van der Waals surface area contributed by atoms with E-state index in [0.29, 0.717) is 18.4 Å². The number of nitrogens with two attached hydrogens (primary N) is 3. The van der Waals surface area contributed by atoms with Crippen LogP contribution in [0, 0.1) is 23.7 Å². The van der Waals surface area contributed by atoms with Crippen LogP contribution in [-0.2, 0) is 97.5 Å². The van der Waals surface area contributed by atoms with Gasteiger partial charge in [0.15, 0.2) is 0 Å². The fourth-order valence-electron chi connectivity index (χ4n) is 11.9. The van der Waals surface area contributed by atoms with E-state index < -0.39 is 261 Å². The van der Waals surface area contributed by atoms with Gasteiger partial charge in [-0.1, -0.05) is 67.5 Å². The van der Waals surface area contributed by atoms with Crippen LogP contribution in [0.3, 0.4) is 0 Å². The molecular formula is C73H117N17O26. The van der Waals surface area contributed by atoms with Crippen LogP contribution in [0.15, 0.2) is 24.3 Å². The van der Waals surface area contributed by atoms with Gasteiger partial charge in [-0.25, -0.2) is 4.79 Å². The van der Waals surface area contributed by atoms with E-state index in [-0.39, 0.29) is 88.5 Å². The van der Waals surface area contributed by atoms with E-state index in [9.17, 15) is 127 Å². The topological polar surface area (TPSA) is 704 Å². The molecular weight excluding hydrogens is 1530 g/mol. The number of aliphatic hydroxyl groups is 2. The smallest absolute Gasteiger partial charge is 0.326 e. The first-order chi connectivity index (χ1) is 54.3. The summed E-state index contributed by atoms with van der Waals surface area (Å²) in [5, 5.41) is 99.7. The average molecular weight is 1650 g/mol. The first-order valence-electron chi connectivity index (χ1n) is 38.2. The highest BCUT2D eigenvalue weighted by Gasteiger charge is 2.42. The minimum Gasteiger partial charge on any atom is -0.508 e. The number of rotatable bonds is 54. The van der Waals surface area contributed by atoms with Crippen LogP contribution in [0.4, 0.5) is 0 Å². The Bertz CT molecular complexity index is 3580. The van der Waals surface area contributed by atoms with E-state index >= 15 is 0 Å². The average Bonchev–Trinajstić information content (AvgIpc) is 1.65. The molecule has 43 nitrogen and oxygen atoms in total. The van der Waals surface area contributed by atoms with E-state index in [1.807, 2.05) is 0 Å². The molecule has 0 bridgehead atoms. The van der Waals surface area contributed by atoms with Gasteiger partial charge in [0.05, 0.1) is 32.2 Å². The Balaban J connectivity index is 2.27. The molecule has 650 valence electrons. The van der Waals surface area contributed by atoms with Gasteiger partial charge in [-0.3, -0.25) is 86.3 Å². The Morgan fingerprint density at radius 1 is 0.457 bits per heavy atom. The maximum absolute atomic E-state index is 14.1. The van der Waals surface area contributed by atoms with Crippen LogP contribution >= 0.6 is 0 Å². The van der Waals surface area contributed by atoms with Gasteiger partial charge >= 0.3 is 23.9 Å². The third-order valence-electron chi connectivity index (χ3n) is 18.1. The molecule has 26 N–H and O–H groups in total. The molecule has 15 amide bonds. The zero-order chi connectivity index (χ0) is 88.0. The molecule has 2 rings (SSSR count). The summed E-state index contributed by atoms with van der Waals surface area (Å²) in [5.41, 5.74) is 17.2. The quantitative estimate of drug-likeness (QED) is 0.0270. The van der Waals surface area contributed by atoms with Gasteiger partial charge in [0, 0.05) is 32.2 Å². The summed E-state index contributed by atoms with van der Waals surface area (Å²) < 4.78 is 0. The van der Waals surface area contributed by atoms with Crippen LogP contribution in [0.2, 0.25) is 0 Å². The number of carboxylic acids is 4. The molecule has 0 unspecified atom stereocenters. The van der Waals surface area contributed by atoms with Crippen molar-refractivity contribution in [2.24, 2.45) is 40.9 Å². The van der Waals surface area contributed by atoms with Crippen molar-refractivity contribution in [1.29, 1.82) is 0 Å². The minimum atomic E-state index is -1.99. The summed E-state index contributed by atoms with van der Waals surface area (Å²) in [4.78, 5) is 253. The normalized spacial score (nSPS) is 15.9. The lowest BCUT2D eigenvalue weighted by atomic mass is 9.99. The SMILES string of the molecule is CC(C)C[C@H](NC(=O)[C@H](CO)NC(=O)[C@H](C)NC(=O)[C@H](CCC(=O)O)NC(=O)[C@H](CC(C)C)NC(=O)[C@@H](NC(=O)CNC(=O)[C@H](CC(=O)O)NC(=O)[C@H](CC(C)C)NC(=O)[C@H](CO)NC(=O)[C@H](CCC(=O)O)NC(=O)[C@@H]1CCCN1C(=O)[C@H](CCCCN)NC(=O)[C@@H](N)CCC(N)=O)C(C)C)C(=O)N[C@@H](Cc1ccc(O)cc1)C(=O)O. The monoisotopic (exact) mass is 1650 g/mol. The van der Waals surface area contributed by atoms with E-state index in [1.54, 1.807) is 41.5 Å². The number of nitrogens with one attached hydrogen (secondary N) is 13. The Hall–Kier alpha value is -11.2. The Morgan fingerprint density at radius 2 is 0.888 bits per heavy atom. The molecule has 1 fully saturated rings. The largest absolute Gasteiger partial charge is 0.508 e. The summed E-state index contributed by atoms with van der Waals surface area (Å²) in [7, 11) is 0. The highest BCUT2D eigenvalue weighted by atomic mass is 16.4. The van der Waals surface area contributed by atoms with Crippen LogP contribution in [0.1, 0.15) is 164 Å². The summed E-state index contributed by atoms with van der Waals surface area (Å²) >= 11 is 0. The van der Waals surface area contributed by atoms with Crippen molar-refractivity contribution in [2.45, 2.75) is 250 Å². The van der Waals surface area contributed by atoms with Gasteiger partial charge < -0.3 is 127 Å². The number of nitrogens with zero attached hydrogens (tertiary/aromatic N) is 1. The maximum Gasteiger partial charge on any atom is 0.326 e. The molecule has 14 atom stereocenters. The van der Waals surface area contributed by atoms with Crippen LogP contribution < -0.4 is 86.3 Å². The van der Waals surface area contributed by atoms with Crippen molar-refractivity contribution in [1.82, 2.24) is 74.0 Å². The molecule has 1 heterocycles. The molecule has 0 radical (unpaired) electrons. The predicted molar refractivity (Wildman–Crippen MR) is 409 cm³/mol. The Morgan fingerprint density at radius 3 is 1.34 bits per heavy atom. The molecule has 0 spiro atoms. The second-order valence-electron chi connectivity index (χ2n) is 29.9. The number of hydrogen-bond acceptors (Lipinski definition) is 24. The lowest BCUT2D eigenvalue weighted by molar-refractivity contribution is -0.143. The number of unbranched alkanes of at least 4 members (excludes halogenated alkanes) is 1. The molecule has 1 aromatic carbocycles. The zero-order valence-electron chi connectivity index (χ0n) is 66.6. The van der Waals surface area contributed by atoms with Crippen LogP contribution in [-0.4, -0.2) is 271 Å². The van der Waals surface area contributed by atoms with Crippen molar-refractivity contribution < 1.29 is 127 Å². The number of carboxylic acid groups (broad SMARTS) is 4. The number of aromatic hydroxyl groups is 1. The van der Waals surface area contributed by atoms with Crippen LogP contribution in [0.25, 0.3) is 0 Å². The Kier molecular flexibility index (Phi) is 44.3. The fraction of sp³-hybridized carbons (Fsp3) is 0.658. The second kappa shape index (κ2) is 50.9. The molecule has 1 aliphatic heterocycles. The Labute approximate surface area is 669 Å². The lowest BCUT2D eigenvalue weighted by Gasteiger charge is -2.30. The van der Waals surface area contributed by atoms with Crippen molar-refractivity contribution >= 4 is 112 Å². The zero-order valence-corrected chi connectivity index (χ0v) is 66.6. The van der Waals surface area contributed by atoms with Gasteiger partial charge in [-0.05, 0) is 125 Å². The van der Waals surface area contributed by atoms with Gasteiger partial charge in [-0.15, -0.1) is 0 Å². The fourth-order valence-corrected chi connectivity index (χ4v) is 11.9. The summed E-state index contributed by atoms with van der Waals surface area (Å²) in [5.74, 6) is -23.3. The van der Waals surface area contributed by atoms with Crippen LogP contribution in [0.5, 0.6) is 5.75 Å². The molecule has 0 aromatic heterocycles. The first-order valence-corrected chi connectivity index (χ1v) is 38.2. The number of aliphatic carboxylic acids is 4. The second-order valence-corrected chi connectivity index (χ2v) is 29.9. The first kappa shape index (κ1) is 101. The standard InChI is InChI=1S/C73H117N17O26/c1-35(2)27-46(82-69(111)52(34-92)88-64(106)44(21-24-57(98)99)80-70(112)53-14-12-26-90(53)72(114)45(13-10-11-25-74)81-61(103)42(75)19-22-54(76)94)66(108)84-49(31-58(100)101)62(104)77-32-55(95)89-59(38(7)8)71(113)85-48(29-37(5)6)65(107)79-43(20-23-56(96)97)63(105)78-39(9)60(102)87-51(33-91)68(110)83-47(28-36(3)4)67(109)86-50(73(115)116)30-40-15-17-41(93)18-16-40/h15-18,35-39,42-53,59,91-93H,10-14,19-34,74-75H2,1-9H3,(H2,76,94)(H,77,104)(H,78,105)(H,79,107)(H,80,112)(H,81,103)(H,82,111)(H,83,110)(H,84,108)(H,85,113)(H,86,109)(H,87,102)(H,88,106)(H,89,95)(H,96,97)(H,98,99)(H,100,101)(H,115,116)/t39-,42-,43-,44-,45-,46-,47-,48-,49-,50-,51-,52-,53-,59-/m0/s1. The van der Waals surface area contributed by atoms with Crippen molar-refractivity contribution in [3.05, 3.63) is 29.8 Å². The molecule has 0 saturated carbocycles. The third-order valence-corrected chi connectivity index (χ3v) is 18.1. The maximum atomic E-state index is 14.1. The molecule has 116 heavy (non-hydrogen) atoms. The number of primary amides is 1. The van der Waals surface area contributed by atoms with E-state index in [0.717, 1.165) is 11.8 Å². The molecule has 1 saturated heterocycles. The predicted octanol–water partition coefficient (Wildman–Crippen LogP) is -6.33. The minimum absolute atomic E-state index is 0.00687. The number of amides is 15. The van der Waals surface area contributed by atoms with E-state index in [4.69, 9.17) is 17.2 Å². The molecule has 1 aliphatic rings. The number of phenols is 1. The molecule has 0 aliphatic carbocycles. The van der Waals surface area contributed by atoms with Gasteiger partial charge in [-0.2, -0.15) is 0 Å². The summed E-state index contributed by atoms with van der Waals surface area (Å²) in [6.07, 6.45) is -3.59. The van der Waals surface area contributed by atoms with Gasteiger partial charge in [0.2, 0.25) is 88.6 Å². The molecule has 43 heteroatoms. The number of benzene rings is 1. The van der Waals surface area contributed by atoms with Crippen molar-refractivity contribution in [3.8, 4) is 5.75 Å². The lowest BCUT2D eigenvalue weighted by Crippen LogP contribution is -2.61. The number of phenolic OH excluding ortho intramolecular Hbond substituents is 1. The highest BCUT2D eigenvalue weighted by Crippen LogP contribution is 2.22. The summed E-state index contributed by atoms with van der Waals surface area (Å²) in [6.45, 7) is 11.0. The highest BCUT2D eigenvalue weighted by molar-refractivity contribution is 6.01. The number of likely N-dealkylation sites (tertiary alicyclic amines) is 1. The van der Waals surface area contributed by atoms with Gasteiger partial charge in [0.1, 0.15) is 84.3 Å². The molecule has 1 aromatic rings. The number of hydrogen-bond donors (Lipinski definition) is 23. The van der Waals surface area contributed by atoms with Gasteiger partial charge in [0.25, 0.3) is 0 Å². The number of aliphatic hydroxyl groups excluding tert-OH is 2. The van der Waals surface area contributed by atoms with Crippen molar-refractivity contribution in [2.75, 3.05) is 32.8 Å². The number of carbonyl (C=O) groups is 19.